The molecule has 0 saturated carbocycles. The van der Waals surface area contributed by atoms with Crippen LogP contribution in [-0.4, -0.2) is 14.8 Å². The Morgan fingerprint density at radius 2 is 2.20 bits per heavy atom. The van der Waals surface area contributed by atoms with Gasteiger partial charge in [-0.2, -0.15) is 0 Å². The molecule has 4 nitrogen and oxygen atoms in total. The topological polar surface area (TPSA) is 56.7 Å². The Morgan fingerprint density at radius 1 is 1.45 bits per heavy atom. The van der Waals surface area contributed by atoms with Crippen LogP contribution in [0.2, 0.25) is 0 Å². The van der Waals surface area contributed by atoms with Crippen molar-refractivity contribution in [3.05, 3.63) is 28.0 Å². The summed E-state index contributed by atoms with van der Waals surface area (Å²) in [5.41, 5.74) is 10.4. The van der Waals surface area contributed by atoms with Crippen LogP contribution in [0, 0.1) is 12.3 Å². The van der Waals surface area contributed by atoms with Crippen LogP contribution in [-0.2, 0) is 12.8 Å². The Bertz CT molecular complexity index is 638. The van der Waals surface area contributed by atoms with Gasteiger partial charge in [-0.05, 0) is 43.2 Å². The fourth-order valence-electron chi connectivity index (χ4n) is 3.19. The number of nitrogens with two attached hydrogens (primary N) is 1. The van der Waals surface area contributed by atoms with Crippen LogP contribution in [0.25, 0.3) is 5.13 Å². The minimum Gasteiger partial charge on any atom is -0.324 e. The molecular formula is C15H22N4S. The second kappa shape index (κ2) is 4.67. The molecule has 0 aliphatic heterocycles. The highest BCUT2D eigenvalue weighted by Crippen LogP contribution is 2.42. The first-order chi connectivity index (χ1) is 9.41. The molecule has 2 aromatic rings. The van der Waals surface area contributed by atoms with Crippen molar-refractivity contribution in [2.45, 2.75) is 53.0 Å². The molecule has 1 unspecified atom stereocenters. The third-order valence-electron chi connectivity index (χ3n) is 4.09. The summed E-state index contributed by atoms with van der Waals surface area (Å²) in [5.74, 6) is 0. The summed E-state index contributed by atoms with van der Waals surface area (Å²) >= 11 is 1.68. The molecule has 0 radical (unpaired) electrons. The standard InChI is InChI=1S/C15H22N4S/c1-5-13-17-18-14(20-13)19-9(2)6-10-11(16)7-15(3,4)8-12(10)19/h6,11H,5,7-8,16H2,1-4H3. The molecule has 0 amide bonds. The molecule has 0 saturated heterocycles. The molecule has 2 heterocycles. The van der Waals surface area contributed by atoms with Gasteiger partial charge in [0.25, 0.3) is 0 Å². The van der Waals surface area contributed by atoms with Crippen molar-refractivity contribution in [3.8, 4) is 5.13 Å². The monoisotopic (exact) mass is 290 g/mol. The molecule has 3 rings (SSSR count). The molecule has 1 aliphatic carbocycles. The number of hydrogen-bond donors (Lipinski definition) is 1. The molecule has 2 aromatic heterocycles. The number of rotatable bonds is 2. The molecule has 1 atom stereocenters. The highest BCUT2D eigenvalue weighted by molar-refractivity contribution is 7.13. The third-order valence-corrected chi connectivity index (χ3v) is 5.14. The molecule has 0 fully saturated rings. The van der Waals surface area contributed by atoms with Gasteiger partial charge in [0.2, 0.25) is 5.13 Å². The van der Waals surface area contributed by atoms with Crippen molar-refractivity contribution in [2.24, 2.45) is 11.1 Å². The van der Waals surface area contributed by atoms with Crippen LogP contribution < -0.4 is 5.73 Å². The number of aryl methyl sites for hydroxylation is 2. The lowest BCUT2D eigenvalue weighted by molar-refractivity contribution is 0.278. The smallest absolute Gasteiger partial charge is 0.216 e. The van der Waals surface area contributed by atoms with E-state index in [1.807, 2.05) is 0 Å². The molecule has 1 aliphatic rings. The van der Waals surface area contributed by atoms with E-state index in [2.05, 4.69) is 48.5 Å². The fraction of sp³-hybridized carbons (Fsp3) is 0.600. The van der Waals surface area contributed by atoms with E-state index in [1.165, 1.54) is 17.0 Å². The van der Waals surface area contributed by atoms with Crippen LogP contribution in [0.3, 0.4) is 0 Å². The van der Waals surface area contributed by atoms with E-state index in [0.717, 1.165) is 29.4 Å². The quantitative estimate of drug-likeness (QED) is 0.924. The summed E-state index contributed by atoms with van der Waals surface area (Å²) in [6.07, 6.45) is 3.02. The van der Waals surface area contributed by atoms with Crippen molar-refractivity contribution in [1.82, 2.24) is 14.8 Å². The Labute approximate surface area is 124 Å². The highest BCUT2D eigenvalue weighted by atomic mass is 32.1. The number of aromatic nitrogens is 3. The van der Waals surface area contributed by atoms with Crippen molar-refractivity contribution < 1.29 is 0 Å². The first-order valence-electron chi connectivity index (χ1n) is 7.21. The van der Waals surface area contributed by atoms with Gasteiger partial charge in [-0.3, -0.25) is 4.57 Å². The molecule has 20 heavy (non-hydrogen) atoms. The lowest BCUT2D eigenvalue weighted by Gasteiger charge is -2.34. The van der Waals surface area contributed by atoms with E-state index in [4.69, 9.17) is 5.73 Å². The van der Waals surface area contributed by atoms with E-state index in [1.54, 1.807) is 11.3 Å². The minimum atomic E-state index is 0.132. The summed E-state index contributed by atoms with van der Waals surface area (Å²) < 4.78 is 2.26. The predicted octanol–water partition coefficient (Wildman–Crippen LogP) is 3.17. The van der Waals surface area contributed by atoms with Gasteiger partial charge in [-0.15, -0.1) is 10.2 Å². The van der Waals surface area contributed by atoms with Crippen LogP contribution in [0.5, 0.6) is 0 Å². The summed E-state index contributed by atoms with van der Waals surface area (Å²) in [5, 5.41) is 10.7. The highest BCUT2D eigenvalue weighted by Gasteiger charge is 2.34. The Hall–Kier alpha value is -1.20. The summed E-state index contributed by atoms with van der Waals surface area (Å²) in [6.45, 7) is 8.83. The van der Waals surface area contributed by atoms with Gasteiger partial charge in [-0.1, -0.05) is 32.1 Å². The van der Waals surface area contributed by atoms with Crippen molar-refractivity contribution in [3.63, 3.8) is 0 Å². The van der Waals surface area contributed by atoms with E-state index in [0.29, 0.717) is 0 Å². The van der Waals surface area contributed by atoms with Gasteiger partial charge in [0.1, 0.15) is 5.01 Å². The molecule has 5 heteroatoms. The zero-order valence-corrected chi connectivity index (χ0v) is 13.4. The normalized spacial score (nSPS) is 20.9. The SMILES string of the molecule is CCc1nnc(-n2c(C)cc3c2CC(C)(C)CC3N)s1. The number of fused-ring (bicyclic) bond motifs is 1. The summed E-state index contributed by atoms with van der Waals surface area (Å²) in [6, 6.07) is 2.36. The fourth-order valence-corrected chi connectivity index (χ4v) is 4.06. The number of nitrogens with zero attached hydrogens (tertiary/aromatic N) is 3. The lowest BCUT2D eigenvalue weighted by atomic mass is 9.74. The minimum absolute atomic E-state index is 0.132. The van der Waals surface area contributed by atoms with Crippen LogP contribution in [0.15, 0.2) is 6.07 Å². The molecule has 108 valence electrons. The predicted molar refractivity (Wildman–Crippen MR) is 82.4 cm³/mol. The zero-order chi connectivity index (χ0) is 14.5. The average molecular weight is 290 g/mol. The van der Waals surface area contributed by atoms with E-state index in [-0.39, 0.29) is 11.5 Å². The largest absolute Gasteiger partial charge is 0.324 e. The average Bonchev–Trinajstić information content (AvgIpc) is 2.92. The molecular weight excluding hydrogens is 268 g/mol. The Kier molecular flexibility index (Phi) is 3.21. The van der Waals surface area contributed by atoms with E-state index >= 15 is 0 Å². The molecule has 2 N–H and O–H groups in total. The second-order valence-corrected chi connectivity index (χ2v) is 7.55. The first-order valence-corrected chi connectivity index (χ1v) is 8.02. The van der Waals surface area contributed by atoms with Crippen molar-refractivity contribution >= 4 is 11.3 Å². The first kappa shape index (κ1) is 13.8. The third kappa shape index (κ3) is 2.19. The van der Waals surface area contributed by atoms with Gasteiger partial charge in [0, 0.05) is 17.4 Å². The van der Waals surface area contributed by atoms with E-state index in [9.17, 15) is 0 Å². The maximum atomic E-state index is 6.37. The van der Waals surface area contributed by atoms with E-state index < -0.39 is 0 Å². The summed E-state index contributed by atoms with van der Waals surface area (Å²) in [7, 11) is 0. The van der Waals surface area contributed by atoms with Crippen LogP contribution in [0.1, 0.15) is 55.2 Å². The second-order valence-electron chi connectivity index (χ2n) is 6.51. The Morgan fingerprint density at radius 3 is 2.85 bits per heavy atom. The molecule has 0 bridgehead atoms. The van der Waals surface area contributed by atoms with Gasteiger partial charge >= 0.3 is 0 Å². The van der Waals surface area contributed by atoms with Gasteiger partial charge < -0.3 is 5.73 Å². The van der Waals surface area contributed by atoms with Gasteiger partial charge in [0.15, 0.2) is 0 Å². The zero-order valence-electron chi connectivity index (χ0n) is 12.6. The van der Waals surface area contributed by atoms with Crippen molar-refractivity contribution in [2.75, 3.05) is 0 Å². The van der Waals surface area contributed by atoms with Crippen molar-refractivity contribution in [1.29, 1.82) is 0 Å². The molecule has 0 aromatic carbocycles. The maximum absolute atomic E-state index is 6.37. The number of hydrogen-bond acceptors (Lipinski definition) is 4. The lowest BCUT2D eigenvalue weighted by Crippen LogP contribution is -2.30. The van der Waals surface area contributed by atoms with Gasteiger partial charge in [0.05, 0.1) is 0 Å². The summed E-state index contributed by atoms with van der Waals surface area (Å²) in [4.78, 5) is 0. The van der Waals surface area contributed by atoms with Crippen LogP contribution >= 0.6 is 11.3 Å². The Balaban J connectivity index is 2.13. The maximum Gasteiger partial charge on any atom is 0.216 e. The van der Waals surface area contributed by atoms with Gasteiger partial charge in [-0.25, -0.2) is 0 Å². The molecule has 0 spiro atoms. The van der Waals surface area contributed by atoms with Crippen LogP contribution in [0.4, 0.5) is 0 Å².